The van der Waals surface area contributed by atoms with Crippen LogP contribution in [0.4, 0.5) is 17.6 Å². The third kappa shape index (κ3) is 8.65. The number of para-hydroxylation sites is 1. The molecule has 0 aliphatic heterocycles. The summed E-state index contributed by atoms with van der Waals surface area (Å²) in [7, 11) is 0. The Morgan fingerprint density at radius 1 is 1.28 bits per heavy atom. The molecular weight excluding hydrogens is 400 g/mol. The maximum Gasteiger partial charge on any atom is 0.573 e. The van der Waals surface area contributed by atoms with Crippen molar-refractivity contribution in [1.82, 2.24) is 5.48 Å². The Hall–Kier alpha value is -2.40. The van der Waals surface area contributed by atoms with Gasteiger partial charge in [0.25, 0.3) is 5.91 Å². The number of nitrogens with one attached hydrogen (secondary N) is 1. The molecule has 0 aromatic heterocycles. The molecule has 1 rings (SSSR count). The van der Waals surface area contributed by atoms with Gasteiger partial charge in [0.2, 0.25) is 5.91 Å². The molecule has 3 unspecified atom stereocenters. The summed E-state index contributed by atoms with van der Waals surface area (Å²) in [5.74, 6) is -3.61. The van der Waals surface area contributed by atoms with E-state index in [1.165, 1.54) is 30.1 Å². The number of rotatable bonds is 11. The van der Waals surface area contributed by atoms with E-state index in [2.05, 4.69) is 4.74 Å². The highest BCUT2D eigenvalue weighted by Gasteiger charge is 2.34. The standard InChI is InChI=1S/C18H23F4N2O5/c1-17(19,16(23)27)9-8-12(15(26)24-28)10-13(25)7-6-11-4-2-3-5-14(11)29-18(20,21)22/h2-5,7,12-13,25,28H,6,8-10H2,1H3,(H2,23,27)(H,24,26). The van der Waals surface area contributed by atoms with Crippen LogP contribution in [0.15, 0.2) is 24.3 Å². The molecular formula is C18H23F4N2O5. The summed E-state index contributed by atoms with van der Waals surface area (Å²) in [4.78, 5) is 22.8. The number of hydrogen-bond donors (Lipinski definition) is 4. The molecule has 0 spiro atoms. The van der Waals surface area contributed by atoms with E-state index >= 15 is 0 Å². The normalized spacial score (nSPS) is 15.8. The lowest BCUT2D eigenvalue weighted by atomic mass is 9.89. The number of hydrogen-bond acceptors (Lipinski definition) is 5. The van der Waals surface area contributed by atoms with Crippen molar-refractivity contribution in [2.24, 2.45) is 11.7 Å². The maximum absolute atomic E-state index is 14.0. The van der Waals surface area contributed by atoms with Crippen LogP contribution in [0.5, 0.6) is 5.75 Å². The van der Waals surface area contributed by atoms with Gasteiger partial charge in [0.15, 0.2) is 5.67 Å². The van der Waals surface area contributed by atoms with Crippen LogP contribution in [0.1, 0.15) is 31.7 Å². The van der Waals surface area contributed by atoms with E-state index in [1.54, 1.807) is 0 Å². The van der Waals surface area contributed by atoms with Gasteiger partial charge in [-0.2, -0.15) is 0 Å². The molecule has 0 bridgehead atoms. The number of aliphatic hydroxyl groups excluding tert-OH is 1. The highest BCUT2D eigenvalue weighted by Crippen LogP contribution is 2.28. The summed E-state index contributed by atoms with van der Waals surface area (Å²) in [5.41, 5.74) is 4.09. The lowest BCUT2D eigenvalue weighted by molar-refractivity contribution is -0.274. The van der Waals surface area contributed by atoms with Gasteiger partial charge in [-0.05, 0) is 50.7 Å². The molecule has 11 heteroatoms. The van der Waals surface area contributed by atoms with Crippen LogP contribution in [0.3, 0.4) is 0 Å². The fourth-order valence-electron chi connectivity index (χ4n) is 2.56. The quantitative estimate of drug-likeness (QED) is 0.247. The molecule has 29 heavy (non-hydrogen) atoms. The number of nitrogens with two attached hydrogens (primary N) is 1. The fourth-order valence-corrected chi connectivity index (χ4v) is 2.56. The van der Waals surface area contributed by atoms with Crippen molar-refractivity contribution < 1.29 is 42.2 Å². The molecule has 1 radical (unpaired) electrons. The van der Waals surface area contributed by atoms with Crippen molar-refractivity contribution in [1.29, 1.82) is 0 Å². The van der Waals surface area contributed by atoms with Crippen LogP contribution in [0, 0.1) is 12.3 Å². The van der Waals surface area contributed by atoms with Crippen LogP contribution in [0.25, 0.3) is 0 Å². The number of aliphatic hydroxyl groups is 1. The Morgan fingerprint density at radius 3 is 2.45 bits per heavy atom. The average Bonchev–Trinajstić information content (AvgIpc) is 2.62. The van der Waals surface area contributed by atoms with Gasteiger partial charge in [-0.15, -0.1) is 13.2 Å². The number of ether oxygens (including phenoxy) is 1. The predicted molar refractivity (Wildman–Crippen MR) is 93.1 cm³/mol. The molecule has 0 aliphatic carbocycles. The number of hydroxylamine groups is 1. The van der Waals surface area contributed by atoms with E-state index in [4.69, 9.17) is 10.9 Å². The van der Waals surface area contributed by atoms with E-state index in [0.717, 1.165) is 13.0 Å². The van der Waals surface area contributed by atoms with Gasteiger partial charge in [0.1, 0.15) is 5.75 Å². The predicted octanol–water partition coefficient (Wildman–Crippen LogP) is 2.20. The molecule has 0 saturated heterocycles. The Bertz CT molecular complexity index is 697. The Balaban J connectivity index is 2.71. The highest BCUT2D eigenvalue weighted by atomic mass is 19.4. The molecule has 1 aromatic rings. The first-order valence-electron chi connectivity index (χ1n) is 8.63. The molecule has 163 valence electrons. The Labute approximate surface area is 164 Å². The summed E-state index contributed by atoms with van der Waals surface area (Å²) >= 11 is 0. The van der Waals surface area contributed by atoms with E-state index in [0.29, 0.717) is 0 Å². The molecule has 0 saturated carbocycles. The van der Waals surface area contributed by atoms with E-state index in [9.17, 15) is 32.3 Å². The van der Waals surface area contributed by atoms with Gasteiger partial charge in [-0.1, -0.05) is 18.2 Å². The molecule has 0 heterocycles. The summed E-state index contributed by atoms with van der Waals surface area (Å²) in [5, 5.41) is 18.9. The van der Waals surface area contributed by atoms with Crippen LogP contribution in [-0.2, 0) is 16.0 Å². The molecule has 2 amide bonds. The second-order valence-corrected chi connectivity index (χ2v) is 6.67. The van der Waals surface area contributed by atoms with Crippen molar-refractivity contribution in [3.63, 3.8) is 0 Å². The number of benzene rings is 1. The van der Waals surface area contributed by atoms with Crippen molar-refractivity contribution in [2.45, 2.75) is 50.7 Å². The second-order valence-electron chi connectivity index (χ2n) is 6.67. The van der Waals surface area contributed by atoms with E-state index < -0.39 is 48.0 Å². The number of alkyl halides is 4. The third-order valence-electron chi connectivity index (χ3n) is 4.29. The van der Waals surface area contributed by atoms with Crippen molar-refractivity contribution in [3.8, 4) is 5.75 Å². The van der Waals surface area contributed by atoms with Gasteiger partial charge < -0.3 is 15.6 Å². The molecule has 0 aliphatic rings. The zero-order valence-corrected chi connectivity index (χ0v) is 15.6. The minimum Gasteiger partial charge on any atom is -0.406 e. The minimum atomic E-state index is -4.88. The monoisotopic (exact) mass is 423 g/mol. The number of primary amides is 1. The zero-order valence-electron chi connectivity index (χ0n) is 15.6. The van der Waals surface area contributed by atoms with E-state index in [1.807, 2.05) is 0 Å². The number of carbonyl (C=O) groups is 2. The number of halogens is 4. The minimum absolute atomic E-state index is 0.108. The smallest absolute Gasteiger partial charge is 0.406 e. The van der Waals surface area contributed by atoms with Crippen LogP contribution < -0.4 is 16.0 Å². The number of amides is 2. The Morgan fingerprint density at radius 2 is 1.90 bits per heavy atom. The lowest BCUT2D eigenvalue weighted by Gasteiger charge is -2.22. The third-order valence-corrected chi connectivity index (χ3v) is 4.29. The first kappa shape index (κ1) is 24.6. The molecule has 1 aromatic carbocycles. The second kappa shape index (κ2) is 10.4. The van der Waals surface area contributed by atoms with Gasteiger partial charge in [-0.25, -0.2) is 9.87 Å². The van der Waals surface area contributed by atoms with Gasteiger partial charge in [0, 0.05) is 5.92 Å². The van der Waals surface area contributed by atoms with Crippen molar-refractivity contribution in [2.75, 3.05) is 0 Å². The van der Waals surface area contributed by atoms with Crippen LogP contribution in [0.2, 0.25) is 0 Å². The topological polar surface area (TPSA) is 122 Å². The maximum atomic E-state index is 14.0. The average molecular weight is 423 g/mol. The van der Waals surface area contributed by atoms with Gasteiger partial charge >= 0.3 is 6.36 Å². The largest absolute Gasteiger partial charge is 0.573 e. The van der Waals surface area contributed by atoms with Crippen molar-refractivity contribution >= 4 is 11.8 Å². The first-order valence-corrected chi connectivity index (χ1v) is 8.63. The summed E-state index contributed by atoms with van der Waals surface area (Å²) in [6, 6.07) is 5.35. The molecule has 3 atom stereocenters. The lowest BCUT2D eigenvalue weighted by Crippen LogP contribution is -2.38. The SMILES string of the molecule is CC(F)(CCC(CC(O)[CH]Cc1ccccc1OC(F)(F)F)C(=O)NO)C(N)=O. The van der Waals surface area contributed by atoms with Gasteiger partial charge in [-0.3, -0.25) is 14.8 Å². The van der Waals surface area contributed by atoms with Crippen LogP contribution in [-0.4, -0.2) is 40.3 Å². The fraction of sp³-hybridized carbons (Fsp3) is 0.500. The molecule has 7 nitrogen and oxygen atoms in total. The first-order chi connectivity index (χ1) is 13.4. The highest BCUT2D eigenvalue weighted by molar-refractivity contribution is 5.83. The zero-order chi connectivity index (χ0) is 22.2. The molecule has 0 fully saturated rings. The van der Waals surface area contributed by atoms with Gasteiger partial charge in [0.05, 0.1) is 6.10 Å². The van der Waals surface area contributed by atoms with Crippen molar-refractivity contribution in [3.05, 3.63) is 36.2 Å². The van der Waals surface area contributed by atoms with E-state index in [-0.39, 0.29) is 24.8 Å². The summed E-state index contributed by atoms with van der Waals surface area (Å²) in [6.07, 6.45) is -5.89. The Kier molecular flexibility index (Phi) is 8.83. The summed E-state index contributed by atoms with van der Waals surface area (Å²) in [6.45, 7) is 0.948. The summed E-state index contributed by atoms with van der Waals surface area (Å²) < 4.78 is 55.2. The molecule has 5 N–H and O–H groups in total. The number of carbonyl (C=O) groups excluding carboxylic acids is 2. The van der Waals surface area contributed by atoms with Crippen LogP contribution >= 0.6 is 0 Å².